The SMILES string of the molecule is O=C(NCc1ccncc1)C(=O)Nc1cc(F)ccc1F. The summed E-state index contributed by atoms with van der Waals surface area (Å²) in [5.41, 5.74) is 0.363. The van der Waals surface area contributed by atoms with E-state index in [1.54, 1.807) is 24.5 Å². The predicted octanol–water partition coefficient (Wildman–Crippen LogP) is 1.61. The Morgan fingerprint density at radius 1 is 1.05 bits per heavy atom. The molecule has 1 heterocycles. The second-order valence-corrected chi connectivity index (χ2v) is 4.12. The zero-order chi connectivity index (χ0) is 15.2. The van der Waals surface area contributed by atoms with Crippen molar-refractivity contribution in [1.82, 2.24) is 10.3 Å². The van der Waals surface area contributed by atoms with Gasteiger partial charge in [0.05, 0.1) is 5.69 Å². The van der Waals surface area contributed by atoms with Crippen molar-refractivity contribution >= 4 is 17.5 Å². The number of rotatable bonds is 3. The number of anilines is 1. The van der Waals surface area contributed by atoms with Gasteiger partial charge in [0.2, 0.25) is 0 Å². The van der Waals surface area contributed by atoms with Crippen molar-refractivity contribution in [3.8, 4) is 0 Å². The fourth-order valence-electron chi connectivity index (χ4n) is 1.54. The fraction of sp³-hybridized carbons (Fsp3) is 0.0714. The number of nitrogens with zero attached hydrogens (tertiary/aromatic N) is 1. The van der Waals surface area contributed by atoms with Gasteiger partial charge in [-0.3, -0.25) is 14.6 Å². The fourth-order valence-corrected chi connectivity index (χ4v) is 1.54. The standard InChI is InChI=1S/C14H11F2N3O2/c15-10-1-2-11(16)12(7-10)19-14(21)13(20)18-8-9-3-5-17-6-4-9/h1-7H,8H2,(H,18,20)(H,19,21). The summed E-state index contributed by atoms with van der Waals surface area (Å²) in [5, 5.41) is 4.37. The molecule has 0 radical (unpaired) electrons. The van der Waals surface area contributed by atoms with E-state index in [9.17, 15) is 18.4 Å². The molecule has 2 aromatic rings. The topological polar surface area (TPSA) is 71.1 Å². The maximum absolute atomic E-state index is 13.3. The third-order valence-corrected chi connectivity index (χ3v) is 2.59. The molecule has 5 nitrogen and oxygen atoms in total. The molecule has 0 saturated heterocycles. The first kappa shape index (κ1) is 14.6. The van der Waals surface area contributed by atoms with Gasteiger partial charge in [-0.1, -0.05) is 0 Å². The molecule has 0 fully saturated rings. The molecule has 0 atom stereocenters. The molecular formula is C14H11F2N3O2. The van der Waals surface area contributed by atoms with Crippen molar-refractivity contribution < 1.29 is 18.4 Å². The Labute approximate surface area is 119 Å². The molecule has 7 heteroatoms. The Hall–Kier alpha value is -2.83. The van der Waals surface area contributed by atoms with E-state index in [4.69, 9.17) is 0 Å². The van der Waals surface area contributed by atoms with Gasteiger partial charge in [0.1, 0.15) is 11.6 Å². The third kappa shape index (κ3) is 4.07. The summed E-state index contributed by atoms with van der Waals surface area (Å²) in [6.45, 7) is 0.125. The Morgan fingerprint density at radius 3 is 2.48 bits per heavy atom. The maximum atomic E-state index is 13.3. The van der Waals surface area contributed by atoms with Crippen LogP contribution in [0, 0.1) is 11.6 Å². The molecule has 0 saturated carbocycles. The molecule has 1 aromatic heterocycles. The third-order valence-electron chi connectivity index (χ3n) is 2.59. The van der Waals surface area contributed by atoms with Crippen LogP contribution in [-0.2, 0) is 16.1 Å². The molecule has 108 valence electrons. The summed E-state index contributed by atoms with van der Waals surface area (Å²) in [5.74, 6) is -3.57. The lowest BCUT2D eigenvalue weighted by Gasteiger charge is -2.07. The maximum Gasteiger partial charge on any atom is 0.313 e. The first-order chi connectivity index (χ1) is 10.1. The van der Waals surface area contributed by atoms with Gasteiger partial charge in [0, 0.05) is 25.0 Å². The number of carbonyl (C=O) groups excluding carboxylic acids is 2. The minimum absolute atomic E-state index is 0.125. The number of benzene rings is 1. The van der Waals surface area contributed by atoms with Gasteiger partial charge < -0.3 is 10.6 Å². The molecule has 0 aliphatic carbocycles. The van der Waals surface area contributed by atoms with Crippen LogP contribution in [0.25, 0.3) is 0 Å². The smallest absolute Gasteiger partial charge is 0.313 e. The van der Waals surface area contributed by atoms with Crippen molar-refractivity contribution in [2.24, 2.45) is 0 Å². The second kappa shape index (κ2) is 6.56. The first-order valence-corrected chi connectivity index (χ1v) is 5.99. The van der Waals surface area contributed by atoms with E-state index in [0.717, 1.165) is 23.8 Å². The van der Waals surface area contributed by atoms with Crippen LogP contribution in [-0.4, -0.2) is 16.8 Å². The van der Waals surface area contributed by atoms with E-state index in [1.807, 2.05) is 5.32 Å². The lowest BCUT2D eigenvalue weighted by atomic mass is 10.2. The van der Waals surface area contributed by atoms with Gasteiger partial charge in [-0.25, -0.2) is 8.78 Å². The molecule has 0 bridgehead atoms. The predicted molar refractivity (Wildman–Crippen MR) is 71.1 cm³/mol. The first-order valence-electron chi connectivity index (χ1n) is 5.99. The van der Waals surface area contributed by atoms with Crippen molar-refractivity contribution in [2.45, 2.75) is 6.54 Å². The molecule has 0 spiro atoms. The van der Waals surface area contributed by atoms with Crippen molar-refractivity contribution in [2.75, 3.05) is 5.32 Å². The van der Waals surface area contributed by atoms with Crippen LogP contribution in [0.3, 0.4) is 0 Å². The summed E-state index contributed by atoms with van der Waals surface area (Å²) >= 11 is 0. The molecule has 0 unspecified atom stereocenters. The monoisotopic (exact) mass is 291 g/mol. The number of amides is 2. The second-order valence-electron chi connectivity index (χ2n) is 4.12. The van der Waals surface area contributed by atoms with Gasteiger partial charge in [0.25, 0.3) is 0 Å². The number of nitrogens with one attached hydrogen (secondary N) is 2. The highest BCUT2D eigenvalue weighted by atomic mass is 19.1. The minimum atomic E-state index is -1.08. The van der Waals surface area contributed by atoms with E-state index >= 15 is 0 Å². The van der Waals surface area contributed by atoms with Crippen molar-refractivity contribution in [1.29, 1.82) is 0 Å². The Balaban J connectivity index is 1.94. The zero-order valence-electron chi connectivity index (χ0n) is 10.8. The largest absolute Gasteiger partial charge is 0.344 e. The number of hydrogen-bond acceptors (Lipinski definition) is 3. The number of hydrogen-bond donors (Lipinski definition) is 2. The summed E-state index contributed by atoms with van der Waals surface area (Å²) in [6.07, 6.45) is 3.09. The Morgan fingerprint density at radius 2 is 1.76 bits per heavy atom. The minimum Gasteiger partial charge on any atom is -0.344 e. The van der Waals surface area contributed by atoms with Gasteiger partial charge in [-0.2, -0.15) is 0 Å². The molecule has 2 N–H and O–H groups in total. The highest BCUT2D eigenvalue weighted by molar-refractivity contribution is 6.39. The van der Waals surface area contributed by atoms with Gasteiger partial charge >= 0.3 is 11.8 Å². The van der Waals surface area contributed by atoms with Gasteiger partial charge in [-0.15, -0.1) is 0 Å². The van der Waals surface area contributed by atoms with Crippen LogP contribution in [0.2, 0.25) is 0 Å². The lowest BCUT2D eigenvalue weighted by Crippen LogP contribution is -2.35. The van der Waals surface area contributed by atoms with Crippen LogP contribution in [0.15, 0.2) is 42.7 Å². The van der Waals surface area contributed by atoms with Crippen LogP contribution < -0.4 is 10.6 Å². The normalized spacial score (nSPS) is 10.0. The van der Waals surface area contributed by atoms with Crippen molar-refractivity contribution in [3.63, 3.8) is 0 Å². The molecule has 2 amide bonds. The summed E-state index contributed by atoms with van der Waals surface area (Å²) < 4.78 is 26.3. The number of carbonyl (C=O) groups is 2. The molecule has 2 rings (SSSR count). The van der Waals surface area contributed by atoms with Crippen LogP contribution in [0.4, 0.5) is 14.5 Å². The lowest BCUT2D eigenvalue weighted by molar-refractivity contribution is -0.136. The molecule has 0 aliphatic rings. The Bertz CT molecular complexity index is 663. The summed E-state index contributed by atoms with van der Waals surface area (Å²) in [7, 11) is 0. The molecule has 1 aromatic carbocycles. The van der Waals surface area contributed by atoms with E-state index < -0.39 is 23.4 Å². The average Bonchev–Trinajstić information content (AvgIpc) is 2.49. The molecule has 21 heavy (non-hydrogen) atoms. The van der Waals surface area contributed by atoms with Crippen LogP contribution in [0.5, 0.6) is 0 Å². The van der Waals surface area contributed by atoms with E-state index in [2.05, 4.69) is 10.3 Å². The highest BCUT2D eigenvalue weighted by Crippen LogP contribution is 2.14. The van der Waals surface area contributed by atoms with Gasteiger partial charge in [-0.05, 0) is 29.8 Å². The van der Waals surface area contributed by atoms with E-state index in [-0.39, 0.29) is 12.2 Å². The number of aromatic nitrogens is 1. The van der Waals surface area contributed by atoms with Gasteiger partial charge in [0.15, 0.2) is 0 Å². The van der Waals surface area contributed by atoms with E-state index in [1.165, 1.54) is 0 Å². The summed E-state index contributed by atoms with van der Waals surface area (Å²) in [6, 6.07) is 5.91. The number of pyridine rings is 1. The van der Waals surface area contributed by atoms with E-state index in [0.29, 0.717) is 0 Å². The number of halogens is 2. The molecular weight excluding hydrogens is 280 g/mol. The van der Waals surface area contributed by atoms with Crippen molar-refractivity contribution in [3.05, 3.63) is 59.9 Å². The Kier molecular flexibility index (Phi) is 4.55. The molecule has 0 aliphatic heterocycles. The van der Waals surface area contributed by atoms with Crippen LogP contribution >= 0.6 is 0 Å². The quantitative estimate of drug-likeness (QED) is 0.844. The van der Waals surface area contributed by atoms with Crippen LogP contribution in [0.1, 0.15) is 5.56 Å². The highest BCUT2D eigenvalue weighted by Gasteiger charge is 2.15. The average molecular weight is 291 g/mol. The summed E-state index contributed by atoms with van der Waals surface area (Å²) in [4.78, 5) is 26.9. The zero-order valence-corrected chi connectivity index (χ0v) is 10.8.